The second-order valence-electron chi connectivity index (χ2n) is 7.29. The number of amides is 1. The van der Waals surface area contributed by atoms with Crippen molar-refractivity contribution in [1.29, 1.82) is 0 Å². The number of aromatic nitrogens is 2. The standard InChI is InChI=1S/C18H27BIN3O/c1-12(2)7-9-22(10-8-13(3)4)18(24)14-5-6-15-21-16(19)17(20)23(15)11-14/h5-6,11-13H,7-10,19H2,1-4H3. The average Bonchev–Trinajstić information content (AvgIpc) is 2.80. The summed E-state index contributed by atoms with van der Waals surface area (Å²) in [5.74, 6) is 1.32. The van der Waals surface area contributed by atoms with Crippen LogP contribution in [0.25, 0.3) is 5.65 Å². The molecule has 2 aromatic heterocycles. The van der Waals surface area contributed by atoms with Gasteiger partial charge in [-0.15, -0.1) is 0 Å². The molecule has 130 valence electrons. The SMILES string of the molecule is Bc1nc2ccc(C(=O)N(CCC(C)C)CCC(C)C)cn2c1I. The van der Waals surface area contributed by atoms with Gasteiger partial charge in [0.05, 0.1) is 9.26 Å². The topological polar surface area (TPSA) is 37.6 Å². The molecule has 0 saturated carbocycles. The van der Waals surface area contributed by atoms with Gasteiger partial charge < -0.3 is 4.90 Å². The lowest BCUT2D eigenvalue weighted by atomic mass is 10.1. The highest BCUT2D eigenvalue weighted by Gasteiger charge is 2.18. The van der Waals surface area contributed by atoms with Crippen LogP contribution in [0.1, 0.15) is 50.9 Å². The number of nitrogens with zero attached hydrogens (tertiary/aromatic N) is 3. The normalized spacial score (nSPS) is 11.6. The third-order valence-corrected chi connectivity index (χ3v) is 5.51. The Hall–Kier alpha value is -1.05. The molecule has 2 rings (SSSR count). The Balaban J connectivity index is 2.24. The van der Waals surface area contributed by atoms with Gasteiger partial charge in [-0.1, -0.05) is 27.7 Å². The molecule has 2 aromatic rings. The Morgan fingerprint density at radius 3 is 2.33 bits per heavy atom. The van der Waals surface area contributed by atoms with Crippen LogP contribution in [0.3, 0.4) is 0 Å². The summed E-state index contributed by atoms with van der Waals surface area (Å²) in [7, 11) is 1.99. The fourth-order valence-corrected chi connectivity index (χ4v) is 3.09. The minimum Gasteiger partial charge on any atom is -0.339 e. The molecular formula is C18H27BIN3O. The maximum atomic E-state index is 13.0. The molecule has 0 N–H and O–H groups in total. The van der Waals surface area contributed by atoms with Gasteiger partial charge in [0.2, 0.25) is 0 Å². The molecule has 1 amide bonds. The zero-order valence-corrected chi connectivity index (χ0v) is 17.5. The molecule has 0 aliphatic carbocycles. The zero-order chi connectivity index (χ0) is 17.9. The highest BCUT2D eigenvalue weighted by atomic mass is 127. The van der Waals surface area contributed by atoms with E-state index in [2.05, 4.69) is 55.3 Å². The number of hydrogen-bond donors (Lipinski definition) is 0. The molecule has 0 aromatic carbocycles. The number of imidazole rings is 1. The molecule has 0 unspecified atom stereocenters. The molecule has 0 aliphatic heterocycles. The number of hydrogen-bond acceptors (Lipinski definition) is 2. The number of halogens is 1. The minimum atomic E-state index is 0.125. The van der Waals surface area contributed by atoms with E-state index in [4.69, 9.17) is 0 Å². The number of fused-ring (bicyclic) bond motifs is 1. The lowest BCUT2D eigenvalue weighted by Gasteiger charge is -2.24. The van der Waals surface area contributed by atoms with E-state index in [9.17, 15) is 4.79 Å². The van der Waals surface area contributed by atoms with Crippen molar-refractivity contribution in [2.24, 2.45) is 11.8 Å². The number of carbonyl (C=O) groups is 1. The number of pyridine rings is 1. The van der Waals surface area contributed by atoms with Crippen molar-refractivity contribution in [3.05, 3.63) is 27.6 Å². The molecule has 24 heavy (non-hydrogen) atoms. The van der Waals surface area contributed by atoms with E-state index in [1.165, 1.54) is 0 Å². The van der Waals surface area contributed by atoms with Gasteiger partial charge in [-0.25, -0.2) is 4.98 Å². The predicted molar refractivity (Wildman–Crippen MR) is 111 cm³/mol. The first-order valence-electron chi connectivity index (χ1n) is 8.73. The van der Waals surface area contributed by atoms with Crippen molar-refractivity contribution in [3.8, 4) is 0 Å². The molecule has 0 aliphatic rings. The van der Waals surface area contributed by atoms with E-state index in [0.29, 0.717) is 11.8 Å². The van der Waals surface area contributed by atoms with E-state index < -0.39 is 0 Å². The van der Waals surface area contributed by atoms with Crippen LogP contribution in [0.4, 0.5) is 0 Å². The van der Waals surface area contributed by atoms with Crippen LogP contribution in [0.15, 0.2) is 18.3 Å². The summed E-state index contributed by atoms with van der Waals surface area (Å²) < 4.78 is 3.07. The Morgan fingerprint density at radius 2 is 1.79 bits per heavy atom. The summed E-state index contributed by atoms with van der Waals surface area (Å²) in [6, 6.07) is 3.84. The smallest absolute Gasteiger partial charge is 0.255 e. The average molecular weight is 439 g/mol. The molecule has 0 spiro atoms. The van der Waals surface area contributed by atoms with Gasteiger partial charge in [-0.2, -0.15) is 0 Å². The molecule has 4 nitrogen and oxygen atoms in total. The van der Waals surface area contributed by atoms with E-state index in [1.54, 1.807) is 0 Å². The van der Waals surface area contributed by atoms with E-state index in [0.717, 1.165) is 46.4 Å². The third kappa shape index (κ3) is 4.74. The predicted octanol–water partition coefficient (Wildman–Crippen LogP) is 2.73. The van der Waals surface area contributed by atoms with Gasteiger partial charge in [0.15, 0.2) is 7.85 Å². The quantitative estimate of drug-likeness (QED) is 0.492. The van der Waals surface area contributed by atoms with Crippen molar-refractivity contribution in [2.75, 3.05) is 13.1 Å². The van der Waals surface area contributed by atoms with E-state index in [-0.39, 0.29) is 5.91 Å². The van der Waals surface area contributed by atoms with Crippen molar-refractivity contribution in [1.82, 2.24) is 14.3 Å². The fourth-order valence-electron chi connectivity index (χ4n) is 2.59. The minimum absolute atomic E-state index is 0.125. The van der Waals surface area contributed by atoms with Gasteiger partial charge in [-0.05, 0) is 59.4 Å². The van der Waals surface area contributed by atoms with Gasteiger partial charge in [0.25, 0.3) is 5.91 Å². The summed E-state index contributed by atoms with van der Waals surface area (Å²) in [6.45, 7) is 10.5. The molecule has 0 atom stereocenters. The molecular weight excluding hydrogens is 412 g/mol. The Morgan fingerprint density at radius 1 is 1.21 bits per heavy atom. The molecule has 0 fully saturated rings. The van der Waals surface area contributed by atoms with Crippen LogP contribution in [0.2, 0.25) is 0 Å². The maximum absolute atomic E-state index is 13.0. The first-order valence-corrected chi connectivity index (χ1v) is 9.81. The molecule has 0 bridgehead atoms. The van der Waals surface area contributed by atoms with Crippen LogP contribution in [0, 0.1) is 15.5 Å². The zero-order valence-electron chi connectivity index (χ0n) is 15.3. The Bertz CT molecular complexity index is 700. The van der Waals surface area contributed by atoms with Crippen LogP contribution in [0.5, 0.6) is 0 Å². The largest absolute Gasteiger partial charge is 0.339 e. The first kappa shape index (κ1) is 19.3. The molecule has 0 saturated heterocycles. The Kier molecular flexibility index (Phi) is 6.72. The fraction of sp³-hybridized carbons (Fsp3) is 0.556. The molecule has 0 radical (unpaired) electrons. The van der Waals surface area contributed by atoms with Crippen LogP contribution in [-0.4, -0.2) is 41.1 Å². The monoisotopic (exact) mass is 439 g/mol. The number of carbonyl (C=O) groups excluding carboxylic acids is 1. The van der Waals surface area contributed by atoms with E-state index in [1.807, 2.05) is 35.5 Å². The highest BCUT2D eigenvalue weighted by Crippen LogP contribution is 2.14. The lowest BCUT2D eigenvalue weighted by molar-refractivity contribution is 0.0740. The summed E-state index contributed by atoms with van der Waals surface area (Å²) in [5.41, 5.74) is 2.63. The van der Waals surface area contributed by atoms with Crippen LogP contribution < -0.4 is 5.59 Å². The second-order valence-corrected chi connectivity index (χ2v) is 8.31. The van der Waals surface area contributed by atoms with Crippen molar-refractivity contribution in [3.63, 3.8) is 0 Å². The summed E-state index contributed by atoms with van der Waals surface area (Å²) >= 11 is 2.28. The number of rotatable bonds is 7. The molecule has 2 heterocycles. The molecule has 6 heteroatoms. The van der Waals surface area contributed by atoms with Crippen LogP contribution in [-0.2, 0) is 0 Å². The lowest BCUT2D eigenvalue weighted by Crippen LogP contribution is -2.34. The van der Waals surface area contributed by atoms with Crippen molar-refractivity contribution in [2.45, 2.75) is 40.5 Å². The van der Waals surface area contributed by atoms with Gasteiger partial charge >= 0.3 is 0 Å². The van der Waals surface area contributed by atoms with Gasteiger partial charge in [0, 0.05) is 24.9 Å². The Labute approximate surface area is 159 Å². The summed E-state index contributed by atoms with van der Waals surface area (Å²) in [5, 5.41) is 0. The third-order valence-electron chi connectivity index (χ3n) is 4.21. The summed E-state index contributed by atoms with van der Waals surface area (Å²) in [4.78, 5) is 19.5. The van der Waals surface area contributed by atoms with Gasteiger partial charge in [-0.3, -0.25) is 9.20 Å². The van der Waals surface area contributed by atoms with Crippen molar-refractivity contribution < 1.29 is 4.79 Å². The highest BCUT2D eigenvalue weighted by molar-refractivity contribution is 14.1. The first-order chi connectivity index (χ1) is 11.3. The van der Waals surface area contributed by atoms with Gasteiger partial charge in [0.1, 0.15) is 5.65 Å². The maximum Gasteiger partial charge on any atom is 0.255 e. The van der Waals surface area contributed by atoms with E-state index >= 15 is 0 Å². The second kappa shape index (κ2) is 8.36. The summed E-state index contributed by atoms with van der Waals surface area (Å²) in [6.07, 6.45) is 4.00. The van der Waals surface area contributed by atoms with Crippen LogP contribution >= 0.6 is 22.6 Å². The van der Waals surface area contributed by atoms with Crippen molar-refractivity contribution >= 4 is 47.6 Å².